The Balaban J connectivity index is 2.26. The molecule has 1 rings (SSSR count). The molecular weight excluding hydrogens is 522 g/mol. The van der Waals surface area contributed by atoms with Crippen molar-refractivity contribution in [2.75, 3.05) is 66.1 Å². The summed E-state index contributed by atoms with van der Waals surface area (Å²) >= 11 is 0. The number of amides is 2. The molecule has 1 saturated heterocycles. The van der Waals surface area contributed by atoms with Gasteiger partial charge in [0.25, 0.3) is 11.8 Å². The molecule has 0 aliphatic carbocycles. The molecule has 0 aromatic rings. The molecule has 1 aliphatic rings. The smallest absolute Gasteiger partial charge is 0.335 e. The number of ether oxygens (including phenoxy) is 5. The SMILES string of the molecule is CCC=CCOC=NCCCOCC(COCCC(=O)ON1C(=O)CCC1=O)OCCCNCOCC=CCC. The van der Waals surface area contributed by atoms with Crippen molar-refractivity contribution in [1.29, 1.82) is 0 Å². The Hall–Kier alpha value is -2.64. The molecule has 1 unspecified atom stereocenters. The fraction of sp³-hybridized carbons (Fsp3) is 0.714. The van der Waals surface area contributed by atoms with E-state index >= 15 is 0 Å². The number of hydroxylamine groups is 2. The normalized spacial score (nSPS) is 14.8. The van der Waals surface area contributed by atoms with Gasteiger partial charge in [0.05, 0.1) is 39.6 Å². The van der Waals surface area contributed by atoms with Crippen LogP contribution in [-0.2, 0) is 42.9 Å². The highest BCUT2D eigenvalue weighted by atomic mass is 16.7. The van der Waals surface area contributed by atoms with E-state index in [1.807, 2.05) is 18.2 Å². The monoisotopic (exact) mass is 569 g/mol. The lowest BCUT2D eigenvalue weighted by atomic mass is 10.3. The summed E-state index contributed by atoms with van der Waals surface area (Å²) in [6.07, 6.45) is 12.7. The van der Waals surface area contributed by atoms with E-state index in [4.69, 9.17) is 28.5 Å². The third-order valence-electron chi connectivity index (χ3n) is 5.25. The number of aliphatic imine (C=N–C) groups is 1. The van der Waals surface area contributed by atoms with Gasteiger partial charge in [-0.25, -0.2) is 4.79 Å². The minimum atomic E-state index is -0.707. The second kappa shape index (κ2) is 25.3. The highest BCUT2D eigenvalue weighted by Gasteiger charge is 2.32. The van der Waals surface area contributed by atoms with Gasteiger partial charge < -0.3 is 28.5 Å². The van der Waals surface area contributed by atoms with E-state index in [-0.39, 0.29) is 38.6 Å². The highest BCUT2D eigenvalue weighted by Crippen LogP contribution is 2.12. The van der Waals surface area contributed by atoms with Crippen LogP contribution < -0.4 is 5.32 Å². The van der Waals surface area contributed by atoms with Gasteiger partial charge in [-0.1, -0.05) is 38.2 Å². The van der Waals surface area contributed by atoms with Crippen molar-refractivity contribution < 1.29 is 42.9 Å². The van der Waals surface area contributed by atoms with Crippen molar-refractivity contribution in [3.05, 3.63) is 24.3 Å². The summed E-state index contributed by atoms with van der Waals surface area (Å²) in [6.45, 7) is 8.63. The summed E-state index contributed by atoms with van der Waals surface area (Å²) in [7, 11) is 0. The lowest BCUT2D eigenvalue weighted by molar-refractivity contribution is -0.198. The van der Waals surface area contributed by atoms with Crippen LogP contribution in [0.4, 0.5) is 0 Å². The Bertz CT molecular complexity index is 758. The van der Waals surface area contributed by atoms with Crippen LogP contribution in [0.25, 0.3) is 0 Å². The number of imide groups is 1. The number of carbonyl (C=O) groups is 3. The van der Waals surface area contributed by atoms with Crippen molar-refractivity contribution in [2.24, 2.45) is 4.99 Å². The largest absolute Gasteiger partial charge is 0.479 e. The maximum atomic E-state index is 11.9. The molecule has 228 valence electrons. The first-order valence-electron chi connectivity index (χ1n) is 14.1. The van der Waals surface area contributed by atoms with Crippen LogP contribution in [0, 0.1) is 0 Å². The van der Waals surface area contributed by atoms with E-state index in [0.717, 1.165) is 32.2 Å². The van der Waals surface area contributed by atoms with Gasteiger partial charge in [0, 0.05) is 32.6 Å². The lowest BCUT2D eigenvalue weighted by Crippen LogP contribution is -2.32. The maximum absolute atomic E-state index is 11.9. The molecule has 1 atom stereocenters. The van der Waals surface area contributed by atoms with Gasteiger partial charge in [0.2, 0.25) is 0 Å². The molecule has 40 heavy (non-hydrogen) atoms. The average Bonchev–Trinajstić information content (AvgIpc) is 3.26. The Morgan fingerprint density at radius 1 is 0.925 bits per heavy atom. The fourth-order valence-corrected chi connectivity index (χ4v) is 3.18. The molecule has 12 heteroatoms. The first-order valence-corrected chi connectivity index (χ1v) is 14.1. The summed E-state index contributed by atoms with van der Waals surface area (Å²) in [4.78, 5) is 44.1. The standard InChI is InChI=1S/C28H47N3O9/c1-3-5-7-16-37-23-29-14-9-18-35-21-25(39-19-10-15-30-24-38-17-8-6-4-2)22-36-20-13-28(34)40-31-26(32)11-12-27(31)33/h5-8,23,25,30H,3-4,9-22,24H2,1-2H3. The van der Waals surface area contributed by atoms with Crippen LogP contribution in [0.3, 0.4) is 0 Å². The molecule has 0 aromatic carbocycles. The van der Waals surface area contributed by atoms with Crippen LogP contribution in [0.1, 0.15) is 58.8 Å². The number of hydrogen-bond donors (Lipinski definition) is 1. The maximum Gasteiger partial charge on any atom is 0.335 e. The highest BCUT2D eigenvalue weighted by molar-refractivity contribution is 6.01. The van der Waals surface area contributed by atoms with Gasteiger partial charge in [-0.15, -0.1) is 5.06 Å². The molecule has 0 aromatic heterocycles. The van der Waals surface area contributed by atoms with Gasteiger partial charge >= 0.3 is 5.97 Å². The third kappa shape index (κ3) is 19.4. The van der Waals surface area contributed by atoms with Gasteiger partial charge in [-0.05, 0) is 32.2 Å². The number of nitrogens with one attached hydrogen (secondary N) is 1. The predicted molar refractivity (Wildman–Crippen MR) is 149 cm³/mol. The minimum absolute atomic E-state index is 0.0528. The molecule has 0 spiro atoms. The number of allylic oxidation sites excluding steroid dienone is 2. The zero-order chi connectivity index (χ0) is 29.1. The molecule has 0 saturated carbocycles. The van der Waals surface area contributed by atoms with E-state index in [0.29, 0.717) is 51.4 Å². The van der Waals surface area contributed by atoms with E-state index in [2.05, 4.69) is 30.2 Å². The molecule has 2 amide bonds. The number of carbonyl (C=O) groups excluding carboxylic acids is 3. The number of hydrogen-bond acceptors (Lipinski definition) is 11. The van der Waals surface area contributed by atoms with Crippen LogP contribution in [0.5, 0.6) is 0 Å². The zero-order valence-corrected chi connectivity index (χ0v) is 24.1. The van der Waals surface area contributed by atoms with Crippen molar-refractivity contribution >= 4 is 24.2 Å². The van der Waals surface area contributed by atoms with Crippen LogP contribution in [0.2, 0.25) is 0 Å². The molecule has 1 heterocycles. The summed E-state index contributed by atoms with van der Waals surface area (Å²) in [6, 6.07) is 0. The number of rotatable bonds is 26. The Morgan fingerprint density at radius 3 is 2.35 bits per heavy atom. The summed E-state index contributed by atoms with van der Waals surface area (Å²) in [5, 5.41) is 3.73. The lowest BCUT2D eigenvalue weighted by Gasteiger charge is -2.18. The van der Waals surface area contributed by atoms with E-state index in [9.17, 15) is 14.4 Å². The van der Waals surface area contributed by atoms with Crippen molar-refractivity contribution in [2.45, 2.75) is 64.9 Å². The quantitative estimate of drug-likeness (QED) is 0.0414. The third-order valence-corrected chi connectivity index (χ3v) is 5.25. The summed E-state index contributed by atoms with van der Waals surface area (Å²) < 4.78 is 28.0. The van der Waals surface area contributed by atoms with Crippen molar-refractivity contribution in [3.63, 3.8) is 0 Å². The van der Waals surface area contributed by atoms with Gasteiger partial charge in [-0.2, -0.15) is 0 Å². The van der Waals surface area contributed by atoms with Crippen molar-refractivity contribution in [3.8, 4) is 0 Å². The van der Waals surface area contributed by atoms with Crippen molar-refractivity contribution in [1.82, 2.24) is 10.4 Å². The predicted octanol–water partition coefficient (Wildman–Crippen LogP) is 2.72. The van der Waals surface area contributed by atoms with Gasteiger partial charge in [-0.3, -0.25) is 19.9 Å². The van der Waals surface area contributed by atoms with E-state index in [1.165, 1.54) is 6.40 Å². The van der Waals surface area contributed by atoms with Gasteiger partial charge in [0.1, 0.15) is 12.7 Å². The molecule has 0 radical (unpaired) electrons. The molecule has 12 nitrogen and oxygen atoms in total. The van der Waals surface area contributed by atoms with E-state index < -0.39 is 17.8 Å². The van der Waals surface area contributed by atoms with Crippen LogP contribution in [0.15, 0.2) is 29.3 Å². The zero-order valence-electron chi connectivity index (χ0n) is 24.1. The Labute approximate surface area is 238 Å². The van der Waals surface area contributed by atoms with E-state index in [1.54, 1.807) is 0 Å². The van der Waals surface area contributed by atoms with Crippen LogP contribution >= 0.6 is 0 Å². The average molecular weight is 570 g/mol. The fourth-order valence-electron chi connectivity index (χ4n) is 3.18. The number of nitrogens with zero attached hydrogens (tertiary/aromatic N) is 2. The minimum Gasteiger partial charge on any atom is -0.479 e. The second-order valence-electron chi connectivity index (χ2n) is 8.76. The molecule has 1 fully saturated rings. The first-order chi connectivity index (χ1) is 19.6. The molecule has 1 N–H and O–H groups in total. The molecule has 0 bridgehead atoms. The van der Waals surface area contributed by atoms with Gasteiger partial charge in [0.15, 0.2) is 6.40 Å². The first kappa shape index (κ1) is 35.4. The molecular formula is C28H47N3O9. The second-order valence-corrected chi connectivity index (χ2v) is 8.76. The summed E-state index contributed by atoms with van der Waals surface area (Å²) in [5.41, 5.74) is 0. The Morgan fingerprint density at radius 2 is 1.62 bits per heavy atom. The van der Waals surface area contributed by atoms with Crippen LogP contribution in [-0.4, -0.2) is 101 Å². The Kier molecular flexibility index (Phi) is 22.4. The summed E-state index contributed by atoms with van der Waals surface area (Å²) in [5.74, 6) is -1.73. The topological polar surface area (TPSA) is 134 Å². The molecule has 1 aliphatic heterocycles.